The number of methoxy groups -OCH3 is 1. The highest BCUT2D eigenvalue weighted by Crippen LogP contribution is 2.34. The topological polar surface area (TPSA) is 41.6 Å². The van der Waals surface area contributed by atoms with Gasteiger partial charge in [0.05, 0.1) is 18.7 Å². The third kappa shape index (κ3) is 3.71. The number of hydrogen-bond acceptors (Lipinski definition) is 3. The Labute approximate surface area is 163 Å². The molecule has 1 heterocycles. The van der Waals surface area contributed by atoms with Gasteiger partial charge in [-0.3, -0.25) is 4.90 Å². The van der Waals surface area contributed by atoms with E-state index in [2.05, 4.69) is 11.4 Å². The van der Waals surface area contributed by atoms with Crippen LogP contribution in [0.1, 0.15) is 29.7 Å². The fourth-order valence-corrected chi connectivity index (χ4v) is 3.77. The second kappa shape index (κ2) is 7.48. The highest BCUT2D eigenvalue weighted by atomic mass is 32.1. The normalized spacial score (nSPS) is 17.0. The average molecular weight is 384 g/mol. The molecular formula is C21H21FN2O2S. The minimum atomic E-state index is -0.507. The Kier molecular flexibility index (Phi) is 5.28. The van der Waals surface area contributed by atoms with Crippen LogP contribution >= 0.6 is 12.2 Å². The summed E-state index contributed by atoms with van der Waals surface area (Å²) in [6.45, 7) is 5.87. The van der Waals surface area contributed by atoms with E-state index in [-0.39, 0.29) is 5.82 Å². The number of thiocarbonyl (C=S) groups is 1. The van der Waals surface area contributed by atoms with Crippen LogP contribution in [0.15, 0.2) is 53.7 Å². The van der Waals surface area contributed by atoms with E-state index in [9.17, 15) is 9.18 Å². The third-order valence-corrected chi connectivity index (χ3v) is 4.86. The van der Waals surface area contributed by atoms with Crippen molar-refractivity contribution in [3.8, 4) is 0 Å². The number of esters is 1. The second-order valence-electron chi connectivity index (χ2n) is 6.61. The molecule has 27 heavy (non-hydrogen) atoms. The van der Waals surface area contributed by atoms with Crippen LogP contribution in [-0.2, 0) is 9.53 Å². The summed E-state index contributed by atoms with van der Waals surface area (Å²) in [4.78, 5) is 14.4. The Bertz CT molecular complexity index is 917. The number of ether oxygens (including phenoxy) is 1. The van der Waals surface area contributed by atoms with Gasteiger partial charge in [0.1, 0.15) is 5.82 Å². The summed E-state index contributed by atoms with van der Waals surface area (Å²) in [5.41, 5.74) is 4.93. The van der Waals surface area contributed by atoms with Gasteiger partial charge in [0.25, 0.3) is 0 Å². The van der Waals surface area contributed by atoms with Crippen molar-refractivity contribution in [3.63, 3.8) is 0 Å². The molecule has 2 aromatic rings. The quantitative estimate of drug-likeness (QED) is 0.630. The lowest BCUT2D eigenvalue weighted by molar-refractivity contribution is -0.136. The number of benzene rings is 2. The largest absolute Gasteiger partial charge is 0.466 e. The van der Waals surface area contributed by atoms with Gasteiger partial charge in [-0.15, -0.1) is 0 Å². The molecule has 0 amide bonds. The molecule has 1 atom stereocenters. The van der Waals surface area contributed by atoms with Crippen LogP contribution in [0.2, 0.25) is 0 Å². The molecule has 0 fully saturated rings. The molecule has 0 spiro atoms. The number of rotatable bonds is 3. The van der Waals surface area contributed by atoms with Gasteiger partial charge in [-0.05, 0) is 73.9 Å². The summed E-state index contributed by atoms with van der Waals surface area (Å²) in [6, 6.07) is 11.6. The van der Waals surface area contributed by atoms with Crippen LogP contribution in [0.5, 0.6) is 0 Å². The number of carbonyl (C=O) groups excluding carboxylic acids is 1. The van der Waals surface area contributed by atoms with E-state index in [0.29, 0.717) is 16.4 Å². The number of nitrogens with one attached hydrogen (secondary N) is 1. The van der Waals surface area contributed by atoms with E-state index in [4.69, 9.17) is 17.0 Å². The maximum atomic E-state index is 13.3. The van der Waals surface area contributed by atoms with E-state index in [1.165, 1.54) is 19.2 Å². The highest BCUT2D eigenvalue weighted by molar-refractivity contribution is 7.80. The molecule has 1 unspecified atom stereocenters. The molecule has 0 bridgehead atoms. The second-order valence-corrected chi connectivity index (χ2v) is 6.99. The molecule has 0 radical (unpaired) electrons. The Hall–Kier alpha value is -2.73. The first-order valence-electron chi connectivity index (χ1n) is 8.55. The standard InChI is InChI=1S/C21H21FN2O2S/c1-12-9-13(2)11-17(10-12)24-14(3)18(20(25)26-4)19(23-21(24)27)15-5-7-16(22)8-6-15/h5-11,19H,1-4H3,(H,23,27). The molecule has 1 aliphatic heterocycles. The Balaban J connectivity index is 2.15. The minimum Gasteiger partial charge on any atom is -0.466 e. The number of aryl methyl sites for hydroxylation is 2. The number of halogens is 1. The molecule has 1 N–H and O–H groups in total. The van der Waals surface area contributed by atoms with E-state index in [1.807, 2.05) is 37.8 Å². The van der Waals surface area contributed by atoms with E-state index in [0.717, 1.165) is 22.4 Å². The van der Waals surface area contributed by atoms with Gasteiger partial charge in [-0.1, -0.05) is 18.2 Å². The average Bonchev–Trinajstić information content (AvgIpc) is 2.60. The van der Waals surface area contributed by atoms with Crippen LogP contribution in [0.4, 0.5) is 10.1 Å². The lowest BCUT2D eigenvalue weighted by Gasteiger charge is -2.37. The van der Waals surface area contributed by atoms with Crippen molar-refractivity contribution in [2.45, 2.75) is 26.8 Å². The van der Waals surface area contributed by atoms with Crippen molar-refractivity contribution in [3.05, 3.63) is 76.2 Å². The number of allylic oxidation sites excluding steroid dienone is 1. The number of carbonyl (C=O) groups is 1. The van der Waals surface area contributed by atoms with Crippen molar-refractivity contribution in [1.29, 1.82) is 0 Å². The first-order chi connectivity index (χ1) is 12.8. The lowest BCUT2D eigenvalue weighted by Crippen LogP contribution is -2.48. The maximum absolute atomic E-state index is 13.3. The van der Waals surface area contributed by atoms with Gasteiger partial charge in [0.2, 0.25) is 0 Å². The monoisotopic (exact) mass is 384 g/mol. The smallest absolute Gasteiger partial charge is 0.337 e. The SMILES string of the molecule is COC(=O)C1=C(C)N(c2cc(C)cc(C)c2)C(=S)NC1c1ccc(F)cc1. The van der Waals surface area contributed by atoms with E-state index >= 15 is 0 Å². The first-order valence-corrected chi connectivity index (χ1v) is 8.96. The van der Waals surface area contributed by atoms with E-state index in [1.54, 1.807) is 12.1 Å². The minimum absolute atomic E-state index is 0.339. The molecule has 0 aliphatic carbocycles. The summed E-state index contributed by atoms with van der Waals surface area (Å²) < 4.78 is 18.4. The lowest BCUT2D eigenvalue weighted by atomic mass is 9.94. The zero-order valence-corrected chi connectivity index (χ0v) is 16.5. The van der Waals surface area contributed by atoms with Crippen molar-refractivity contribution in [2.24, 2.45) is 0 Å². The van der Waals surface area contributed by atoms with Gasteiger partial charge in [-0.2, -0.15) is 0 Å². The predicted octanol–water partition coefficient (Wildman–Crippen LogP) is 4.33. The fraction of sp³-hybridized carbons (Fsp3) is 0.238. The fourth-order valence-electron chi connectivity index (χ4n) is 3.41. The number of anilines is 1. The van der Waals surface area contributed by atoms with Gasteiger partial charge >= 0.3 is 5.97 Å². The van der Waals surface area contributed by atoms with Crippen molar-refractivity contribution >= 4 is 29.0 Å². The molecule has 0 saturated heterocycles. The first kappa shape index (κ1) is 19.0. The molecular weight excluding hydrogens is 363 g/mol. The summed E-state index contributed by atoms with van der Waals surface area (Å²) in [5.74, 6) is -0.791. The van der Waals surface area contributed by atoms with Crippen LogP contribution in [-0.4, -0.2) is 18.2 Å². The molecule has 1 aliphatic rings. The zero-order chi connectivity index (χ0) is 19.7. The maximum Gasteiger partial charge on any atom is 0.337 e. The molecule has 3 rings (SSSR count). The molecule has 6 heteroatoms. The summed E-state index contributed by atoms with van der Waals surface area (Å²) in [6.07, 6.45) is 0. The molecule has 2 aromatic carbocycles. The van der Waals surface area contributed by atoms with Crippen molar-refractivity contribution in [1.82, 2.24) is 5.32 Å². The Morgan fingerprint density at radius 3 is 2.26 bits per heavy atom. The summed E-state index contributed by atoms with van der Waals surface area (Å²) in [5, 5.41) is 3.68. The predicted molar refractivity (Wildman–Crippen MR) is 108 cm³/mol. The number of hydrogen-bond donors (Lipinski definition) is 1. The van der Waals surface area contributed by atoms with Crippen LogP contribution in [0.25, 0.3) is 0 Å². The Morgan fingerprint density at radius 1 is 1.11 bits per heavy atom. The van der Waals surface area contributed by atoms with Crippen LogP contribution < -0.4 is 10.2 Å². The van der Waals surface area contributed by atoms with Crippen LogP contribution in [0.3, 0.4) is 0 Å². The van der Waals surface area contributed by atoms with Gasteiger partial charge in [0, 0.05) is 11.4 Å². The summed E-state index contributed by atoms with van der Waals surface area (Å²) >= 11 is 5.61. The van der Waals surface area contributed by atoms with Crippen molar-refractivity contribution < 1.29 is 13.9 Å². The molecule has 140 valence electrons. The highest BCUT2D eigenvalue weighted by Gasteiger charge is 2.35. The van der Waals surface area contributed by atoms with E-state index < -0.39 is 12.0 Å². The third-order valence-electron chi connectivity index (χ3n) is 4.56. The molecule has 0 saturated carbocycles. The number of nitrogens with zero attached hydrogens (tertiary/aromatic N) is 1. The van der Waals surface area contributed by atoms with Crippen LogP contribution in [0, 0.1) is 19.7 Å². The Morgan fingerprint density at radius 2 is 1.70 bits per heavy atom. The molecule has 0 aromatic heterocycles. The zero-order valence-electron chi connectivity index (χ0n) is 15.7. The van der Waals surface area contributed by atoms with Gasteiger partial charge in [0.15, 0.2) is 5.11 Å². The van der Waals surface area contributed by atoms with Gasteiger partial charge in [-0.25, -0.2) is 9.18 Å². The van der Waals surface area contributed by atoms with Gasteiger partial charge < -0.3 is 10.1 Å². The summed E-state index contributed by atoms with van der Waals surface area (Å²) in [7, 11) is 1.35. The molecule has 4 nitrogen and oxygen atoms in total. The van der Waals surface area contributed by atoms with Crippen molar-refractivity contribution in [2.75, 3.05) is 12.0 Å².